The van der Waals surface area contributed by atoms with E-state index in [1.165, 1.54) is 18.5 Å². The van der Waals surface area contributed by atoms with E-state index in [0.29, 0.717) is 19.5 Å². The third-order valence-electron chi connectivity index (χ3n) is 2.49. The van der Waals surface area contributed by atoms with Crippen LogP contribution < -0.4 is 5.32 Å². The largest absolute Gasteiger partial charge is 0.352 e. The summed E-state index contributed by atoms with van der Waals surface area (Å²) in [6.45, 7) is 1.14. The molecular formula is C12H12ClFN4O. The normalized spacial score (nSPS) is 10.4. The molecule has 19 heavy (non-hydrogen) atoms. The number of aryl methyl sites for hydroxylation is 1. The van der Waals surface area contributed by atoms with Crippen LogP contribution in [-0.2, 0) is 6.54 Å². The van der Waals surface area contributed by atoms with Crippen molar-refractivity contribution in [2.75, 3.05) is 6.54 Å². The Labute approximate surface area is 114 Å². The van der Waals surface area contributed by atoms with Crippen molar-refractivity contribution in [2.24, 2.45) is 0 Å². The van der Waals surface area contributed by atoms with Crippen molar-refractivity contribution in [3.05, 3.63) is 47.3 Å². The molecule has 0 aliphatic carbocycles. The fraction of sp³-hybridized carbons (Fsp3) is 0.250. The second kappa shape index (κ2) is 6.29. The van der Waals surface area contributed by atoms with Crippen LogP contribution in [0.5, 0.6) is 0 Å². The minimum Gasteiger partial charge on any atom is -0.352 e. The minimum atomic E-state index is -0.465. The Balaban J connectivity index is 1.81. The molecule has 0 atom stereocenters. The summed E-state index contributed by atoms with van der Waals surface area (Å²) in [5.41, 5.74) is 0.267. The van der Waals surface area contributed by atoms with Crippen molar-refractivity contribution >= 4 is 17.5 Å². The van der Waals surface area contributed by atoms with Crippen LogP contribution in [0.25, 0.3) is 0 Å². The number of carbonyl (C=O) groups is 1. The van der Waals surface area contributed by atoms with Gasteiger partial charge in [0.05, 0.1) is 10.6 Å². The smallest absolute Gasteiger partial charge is 0.252 e. The van der Waals surface area contributed by atoms with E-state index in [4.69, 9.17) is 11.6 Å². The molecule has 0 spiro atoms. The minimum absolute atomic E-state index is 0.105. The molecule has 0 saturated heterocycles. The van der Waals surface area contributed by atoms with Crippen molar-refractivity contribution in [1.29, 1.82) is 0 Å². The predicted molar refractivity (Wildman–Crippen MR) is 68.4 cm³/mol. The summed E-state index contributed by atoms with van der Waals surface area (Å²) in [5, 5.41) is 6.76. The van der Waals surface area contributed by atoms with Crippen LogP contribution in [0.15, 0.2) is 30.9 Å². The van der Waals surface area contributed by atoms with Gasteiger partial charge >= 0.3 is 0 Å². The third-order valence-corrected chi connectivity index (χ3v) is 2.80. The first-order chi connectivity index (χ1) is 9.16. The number of hydrogen-bond acceptors (Lipinski definition) is 3. The van der Waals surface area contributed by atoms with Crippen LogP contribution in [-0.4, -0.2) is 27.2 Å². The van der Waals surface area contributed by atoms with Crippen LogP contribution in [0.3, 0.4) is 0 Å². The van der Waals surface area contributed by atoms with Gasteiger partial charge in [-0.05, 0) is 24.6 Å². The molecule has 5 nitrogen and oxygen atoms in total. The number of hydrogen-bond donors (Lipinski definition) is 1. The molecule has 0 fully saturated rings. The molecule has 0 aliphatic heterocycles. The lowest BCUT2D eigenvalue weighted by atomic mass is 10.2. The average molecular weight is 283 g/mol. The second-order valence-electron chi connectivity index (χ2n) is 3.89. The van der Waals surface area contributed by atoms with Crippen LogP contribution in [0.2, 0.25) is 5.02 Å². The molecule has 2 aromatic rings. The molecule has 1 aromatic heterocycles. The van der Waals surface area contributed by atoms with Crippen molar-refractivity contribution in [3.63, 3.8) is 0 Å². The summed E-state index contributed by atoms with van der Waals surface area (Å²) in [6, 6.07) is 3.69. The highest BCUT2D eigenvalue weighted by Crippen LogP contribution is 2.16. The predicted octanol–water partition coefficient (Wildman–Crippen LogP) is 1.89. The highest BCUT2D eigenvalue weighted by molar-refractivity contribution is 6.33. The molecule has 0 radical (unpaired) electrons. The van der Waals surface area contributed by atoms with E-state index in [1.807, 2.05) is 0 Å². The quantitative estimate of drug-likeness (QED) is 0.852. The summed E-state index contributed by atoms with van der Waals surface area (Å²) < 4.78 is 14.5. The van der Waals surface area contributed by atoms with Crippen LogP contribution in [0, 0.1) is 5.82 Å². The maximum atomic E-state index is 12.8. The van der Waals surface area contributed by atoms with Gasteiger partial charge in [-0.3, -0.25) is 9.48 Å². The van der Waals surface area contributed by atoms with E-state index in [1.54, 1.807) is 11.0 Å². The number of halogens is 2. The van der Waals surface area contributed by atoms with Crippen molar-refractivity contribution < 1.29 is 9.18 Å². The topological polar surface area (TPSA) is 59.8 Å². The fourth-order valence-electron chi connectivity index (χ4n) is 1.56. The zero-order valence-electron chi connectivity index (χ0n) is 10.0. The molecule has 7 heteroatoms. The molecule has 1 heterocycles. The SMILES string of the molecule is O=C(NCCCn1cncn1)c1ccc(F)cc1Cl. The Morgan fingerprint density at radius 2 is 2.32 bits per heavy atom. The Hall–Kier alpha value is -1.95. The first kappa shape index (κ1) is 13.5. The number of amides is 1. The average Bonchev–Trinajstić information content (AvgIpc) is 2.87. The number of nitrogens with one attached hydrogen (secondary N) is 1. The Kier molecular flexibility index (Phi) is 4.46. The number of aromatic nitrogens is 3. The van der Waals surface area contributed by atoms with Gasteiger partial charge in [0.1, 0.15) is 18.5 Å². The molecular weight excluding hydrogens is 271 g/mol. The van der Waals surface area contributed by atoms with Crippen LogP contribution in [0.4, 0.5) is 4.39 Å². The summed E-state index contributed by atoms with van der Waals surface area (Å²) in [4.78, 5) is 15.6. The lowest BCUT2D eigenvalue weighted by molar-refractivity contribution is 0.0952. The van der Waals surface area contributed by atoms with E-state index in [9.17, 15) is 9.18 Å². The first-order valence-electron chi connectivity index (χ1n) is 5.72. The summed E-state index contributed by atoms with van der Waals surface area (Å²) >= 11 is 5.80. The van der Waals surface area contributed by atoms with Gasteiger partial charge in [-0.25, -0.2) is 9.37 Å². The zero-order chi connectivity index (χ0) is 13.7. The maximum absolute atomic E-state index is 12.8. The summed E-state index contributed by atoms with van der Waals surface area (Å²) in [6.07, 6.45) is 3.78. The molecule has 2 rings (SSSR count). The Morgan fingerprint density at radius 1 is 1.47 bits per heavy atom. The molecule has 0 bridgehead atoms. The van der Waals surface area contributed by atoms with Gasteiger partial charge in [0.2, 0.25) is 0 Å². The lowest BCUT2D eigenvalue weighted by Crippen LogP contribution is -2.25. The molecule has 1 N–H and O–H groups in total. The van der Waals surface area contributed by atoms with Gasteiger partial charge in [-0.2, -0.15) is 5.10 Å². The first-order valence-corrected chi connectivity index (χ1v) is 6.10. The highest BCUT2D eigenvalue weighted by atomic mass is 35.5. The van der Waals surface area contributed by atoms with E-state index in [-0.39, 0.29) is 16.5 Å². The highest BCUT2D eigenvalue weighted by Gasteiger charge is 2.10. The van der Waals surface area contributed by atoms with Crippen molar-refractivity contribution in [1.82, 2.24) is 20.1 Å². The zero-order valence-corrected chi connectivity index (χ0v) is 10.8. The second-order valence-corrected chi connectivity index (χ2v) is 4.30. The molecule has 1 amide bonds. The number of rotatable bonds is 5. The van der Waals surface area contributed by atoms with E-state index >= 15 is 0 Å². The molecule has 0 saturated carbocycles. The molecule has 100 valence electrons. The maximum Gasteiger partial charge on any atom is 0.252 e. The number of carbonyl (C=O) groups excluding carboxylic acids is 1. The molecule has 0 aliphatic rings. The standard InChI is InChI=1S/C12H12ClFN4O/c13-11-6-9(14)2-3-10(11)12(19)16-4-1-5-18-8-15-7-17-18/h2-3,6-8H,1,4-5H2,(H,16,19). The molecule has 1 aromatic carbocycles. The van der Waals surface area contributed by atoms with E-state index in [2.05, 4.69) is 15.4 Å². The lowest BCUT2D eigenvalue weighted by Gasteiger charge is -2.06. The van der Waals surface area contributed by atoms with Crippen molar-refractivity contribution in [3.8, 4) is 0 Å². The Morgan fingerprint density at radius 3 is 3.00 bits per heavy atom. The van der Waals surface area contributed by atoms with Gasteiger partial charge < -0.3 is 5.32 Å². The molecule has 0 unspecified atom stereocenters. The third kappa shape index (κ3) is 3.75. The fourth-order valence-corrected chi connectivity index (χ4v) is 1.81. The summed E-state index contributed by atoms with van der Waals surface area (Å²) in [7, 11) is 0. The van der Waals surface area contributed by atoms with E-state index in [0.717, 1.165) is 6.07 Å². The van der Waals surface area contributed by atoms with Gasteiger partial charge in [0.15, 0.2) is 0 Å². The van der Waals surface area contributed by atoms with Gasteiger partial charge in [0.25, 0.3) is 5.91 Å². The van der Waals surface area contributed by atoms with Crippen LogP contribution in [0.1, 0.15) is 16.8 Å². The van der Waals surface area contributed by atoms with Gasteiger partial charge in [0, 0.05) is 13.1 Å². The Bertz CT molecular complexity index is 559. The van der Waals surface area contributed by atoms with Crippen LogP contribution >= 0.6 is 11.6 Å². The number of nitrogens with zero attached hydrogens (tertiary/aromatic N) is 3. The van der Waals surface area contributed by atoms with Crippen molar-refractivity contribution in [2.45, 2.75) is 13.0 Å². The van der Waals surface area contributed by atoms with Gasteiger partial charge in [-0.1, -0.05) is 11.6 Å². The number of benzene rings is 1. The van der Waals surface area contributed by atoms with E-state index < -0.39 is 5.82 Å². The van der Waals surface area contributed by atoms with Gasteiger partial charge in [-0.15, -0.1) is 0 Å². The summed E-state index contributed by atoms with van der Waals surface area (Å²) in [5.74, 6) is -0.781. The monoisotopic (exact) mass is 282 g/mol.